The van der Waals surface area contributed by atoms with E-state index in [-0.39, 0.29) is 6.54 Å². The lowest BCUT2D eigenvalue weighted by molar-refractivity contribution is -0.0403. The van der Waals surface area contributed by atoms with Crippen LogP contribution in [0.25, 0.3) is 0 Å². The third-order valence-electron chi connectivity index (χ3n) is 3.91. The number of amides is 2. The number of benzene rings is 1. The Morgan fingerprint density at radius 2 is 1.83 bits per heavy atom. The highest BCUT2D eigenvalue weighted by atomic mass is 16.5. The van der Waals surface area contributed by atoms with Gasteiger partial charge in [-0.05, 0) is 30.0 Å². The zero-order chi connectivity index (χ0) is 16.5. The van der Waals surface area contributed by atoms with E-state index in [0.717, 1.165) is 25.7 Å². The molecule has 1 unspecified atom stereocenters. The molecule has 122 valence electrons. The summed E-state index contributed by atoms with van der Waals surface area (Å²) in [5.74, 6) is 0.311. The Labute approximate surface area is 136 Å². The minimum absolute atomic E-state index is 0.276. The van der Waals surface area contributed by atoms with E-state index in [1.54, 1.807) is 6.20 Å². The molecule has 0 radical (unpaired) electrons. The zero-order valence-corrected chi connectivity index (χ0v) is 13.1. The van der Waals surface area contributed by atoms with Gasteiger partial charge in [0.25, 0.3) is 0 Å². The van der Waals surface area contributed by atoms with Crippen LogP contribution < -0.4 is 5.73 Å². The number of hydrogen-bond acceptors (Lipinski definition) is 3. The summed E-state index contributed by atoms with van der Waals surface area (Å²) < 4.78 is 0. The van der Waals surface area contributed by atoms with E-state index in [2.05, 4.69) is 35.3 Å². The summed E-state index contributed by atoms with van der Waals surface area (Å²) >= 11 is 0. The minimum atomic E-state index is -0.803. The normalized spacial score (nSPS) is 11.9. The number of hydroxylamine groups is 2. The molecule has 1 heterocycles. The average molecular weight is 313 g/mol. The zero-order valence-electron chi connectivity index (χ0n) is 13.1. The van der Waals surface area contributed by atoms with Crippen molar-refractivity contribution in [2.24, 2.45) is 5.73 Å². The Kier molecular flexibility index (Phi) is 6.56. The predicted molar refractivity (Wildman–Crippen MR) is 89.1 cm³/mol. The third-order valence-corrected chi connectivity index (χ3v) is 3.91. The molecular formula is C18H23N3O2. The van der Waals surface area contributed by atoms with Crippen molar-refractivity contribution in [1.82, 2.24) is 10.0 Å². The first-order chi connectivity index (χ1) is 11.2. The van der Waals surface area contributed by atoms with Gasteiger partial charge in [0, 0.05) is 18.3 Å². The Hall–Kier alpha value is -2.40. The van der Waals surface area contributed by atoms with Gasteiger partial charge in [0.2, 0.25) is 0 Å². The fourth-order valence-corrected chi connectivity index (χ4v) is 2.69. The molecule has 0 saturated heterocycles. The molecule has 2 amide bonds. The number of carbonyl (C=O) groups excluding carboxylic acids is 1. The largest absolute Gasteiger partial charge is 0.350 e. The van der Waals surface area contributed by atoms with Crippen molar-refractivity contribution in [2.45, 2.75) is 31.6 Å². The predicted octanol–water partition coefficient (Wildman–Crippen LogP) is 3.54. The number of pyridine rings is 1. The Morgan fingerprint density at radius 1 is 1.09 bits per heavy atom. The van der Waals surface area contributed by atoms with Gasteiger partial charge in [-0.1, -0.05) is 49.2 Å². The summed E-state index contributed by atoms with van der Waals surface area (Å²) in [6, 6.07) is 13.7. The first-order valence-corrected chi connectivity index (χ1v) is 7.89. The highest BCUT2D eigenvalue weighted by Crippen LogP contribution is 2.29. The molecule has 0 saturated carbocycles. The summed E-state index contributed by atoms with van der Waals surface area (Å²) in [4.78, 5) is 15.0. The van der Waals surface area contributed by atoms with E-state index in [4.69, 9.17) is 5.73 Å². The number of primary amides is 1. The molecule has 1 aromatic carbocycles. The van der Waals surface area contributed by atoms with Crippen LogP contribution in [0.4, 0.5) is 4.79 Å². The molecule has 0 aliphatic rings. The maximum atomic E-state index is 10.7. The van der Waals surface area contributed by atoms with Crippen molar-refractivity contribution in [3.63, 3.8) is 0 Å². The van der Waals surface area contributed by atoms with E-state index in [9.17, 15) is 10.0 Å². The van der Waals surface area contributed by atoms with E-state index in [0.29, 0.717) is 11.0 Å². The maximum Gasteiger partial charge on any atom is 0.338 e. The van der Waals surface area contributed by atoms with Gasteiger partial charge in [0.05, 0.1) is 6.54 Å². The second-order valence-electron chi connectivity index (χ2n) is 5.56. The lowest BCUT2D eigenvalue weighted by Gasteiger charge is -2.18. The quantitative estimate of drug-likeness (QED) is 0.444. The fourth-order valence-electron chi connectivity index (χ4n) is 2.69. The standard InChI is InChI=1S/C18H23N3O2/c19-18(22)21(23)13-6-2-5-11-17(15-8-3-1-4-9-15)16-10-7-12-20-14-16/h1,3-4,7-10,12,14,17,23H,2,5-6,11,13H2,(H2,19,22). The highest BCUT2D eigenvalue weighted by molar-refractivity contribution is 5.70. The number of carbonyl (C=O) groups is 1. The molecule has 5 nitrogen and oxygen atoms in total. The Balaban J connectivity index is 1.91. The number of urea groups is 1. The number of nitrogens with two attached hydrogens (primary N) is 1. The minimum Gasteiger partial charge on any atom is -0.350 e. The van der Waals surface area contributed by atoms with Crippen LogP contribution in [-0.2, 0) is 0 Å². The molecular weight excluding hydrogens is 290 g/mol. The number of unbranched alkanes of at least 4 members (excludes halogenated alkanes) is 2. The molecule has 2 rings (SSSR count). The first kappa shape index (κ1) is 17.0. The van der Waals surface area contributed by atoms with E-state index in [1.165, 1.54) is 11.1 Å². The first-order valence-electron chi connectivity index (χ1n) is 7.89. The molecule has 1 atom stereocenters. The highest BCUT2D eigenvalue weighted by Gasteiger charge is 2.14. The van der Waals surface area contributed by atoms with Crippen LogP contribution in [-0.4, -0.2) is 27.8 Å². The van der Waals surface area contributed by atoms with Crippen LogP contribution in [0.3, 0.4) is 0 Å². The second-order valence-corrected chi connectivity index (χ2v) is 5.56. The van der Waals surface area contributed by atoms with Gasteiger partial charge >= 0.3 is 6.03 Å². The lowest BCUT2D eigenvalue weighted by Crippen LogP contribution is -2.33. The van der Waals surface area contributed by atoms with Crippen molar-refractivity contribution in [2.75, 3.05) is 6.54 Å². The van der Waals surface area contributed by atoms with Crippen LogP contribution in [0.15, 0.2) is 54.9 Å². The molecule has 2 aromatic rings. The van der Waals surface area contributed by atoms with Crippen molar-refractivity contribution in [3.05, 3.63) is 66.0 Å². The Morgan fingerprint density at radius 3 is 2.48 bits per heavy atom. The molecule has 23 heavy (non-hydrogen) atoms. The maximum absolute atomic E-state index is 10.7. The summed E-state index contributed by atoms with van der Waals surface area (Å²) in [6.45, 7) is 0.276. The molecule has 3 N–H and O–H groups in total. The number of hydrogen-bond donors (Lipinski definition) is 2. The molecule has 0 bridgehead atoms. The van der Waals surface area contributed by atoms with Gasteiger partial charge in [-0.15, -0.1) is 0 Å². The fraction of sp³-hybridized carbons (Fsp3) is 0.333. The van der Waals surface area contributed by atoms with Gasteiger partial charge in [-0.3, -0.25) is 10.2 Å². The van der Waals surface area contributed by atoms with Crippen LogP contribution in [0.5, 0.6) is 0 Å². The summed E-state index contributed by atoms with van der Waals surface area (Å²) in [6.07, 6.45) is 7.35. The molecule has 5 heteroatoms. The van der Waals surface area contributed by atoms with Crippen LogP contribution in [0, 0.1) is 0 Å². The molecule has 0 fully saturated rings. The molecule has 0 aliphatic carbocycles. The van der Waals surface area contributed by atoms with Gasteiger partial charge in [-0.2, -0.15) is 0 Å². The van der Waals surface area contributed by atoms with E-state index in [1.807, 2.05) is 18.3 Å². The van der Waals surface area contributed by atoms with E-state index >= 15 is 0 Å². The van der Waals surface area contributed by atoms with Crippen LogP contribution in [0.1, 0.15) is 42.7 Å². The summed E-state index contributed by atoms with van der Waals surface area (Å²) in [5.41, 5.74) is 7.47. The van der Waals surface area contributed by atoms with Gasteiger partial charge in [0.15, 0.2) is 0 Å². The summed E-state index contributed by atoms with van der Waals surface area (Å²) in [5, 5.41) is 9.81. The molecule has 0 spiro atoms. The van der Waals surface area contributed by atoms with Crippen molar-refractivity contribution in [1.29, 1.82) is 0 Å². The topological polar surface area (TPSA) is 79.5 Å². The van der Waals surface area contributed by atoms with Gasteiger partial charge in [0.1, 0.15) is 0 Å². The number of nitrogens with zero attached hydrogens (tertiary/aromatic N) is 2. The average Bonchev–Trinajstić information content (AvgIpc) is 2.59. The van der Waals surface area contributed by atoms with Gasteiger partial charge in [-0.25, -0.2) is 9.86 Å². The van der Waals surface area contributed by atoms with Crippen molar-refractivity contribution < 1.29 is 10.0 Å². The van der Waals surface area contributed by atoms with Crippen LogP contribution >= 0.6 is 0 Å². The third kappa shape index (κ3) is 5.38. The molecule has 0 aliphatic heterocycles. The number of aromatic nitrogens is 1. The lowest BCUT2D eigenvalue weighted by atomic mass is 9.88. The smallest absolute Gasteiger partial charge is 0.338 e. The SMILES string of the molecule is NC(=O)N(O)CCCCCC(c1ccccc1)c1cccnc1. The Bertz CT molecular complexity index is 550. The molecule has 1 aromatic heterocycles. The monoisotopic (exact) mass is 313 g/mol. The summed E-state index contributed by atoms with van der Waals surface area (Å²) in [7, 11) is 0. The second kappa shape index (κ2) is 8.90. The van der Waals surface area contributed by atoms with Crippen LogP contribution in [0.2, 0.25) is 0 Å². The van der Waals surface area contributed by atoms with E-state index < -0.39 is 6.03 Å². The number of rotatable bonds is 8. The van der Waals surface area contributed by atoms with Gasteiger partial charge < -0.3 is 5.73 Å². The van der Waals surface area contributed by atoms with Crippen molar-refractivity contribution >= 4 is 6.03 Å². The van der Waals surface area contributed by atoms with Crippen molar-refractivity contribution in [3.8, 4) is 0 Å².